The number of aromatic nitrogens is 2. The molecule has 1 atom stereocenters. The number of benzene rings is 2. The van der Waals surface area contributed by atoms with Gasteiger partial charge in [-0.3, -0.25) is 9.69 Å². The molecule has 8 heteroatoms. The zero-order valence-electron chi connectivity index (χ0n) is 19.6. The van der Waals surface area contributed by atoms with Crippen molar-refractivity contribution in [2.24, 2.45) is 0 Å². The second-order valence-electron chi connectivity index (χ2n) is 8.13. The predicted molar refractivity (Wildman–Crippen MR) is 125 cm³/mol. The second-order valence-corrected chi connectivity index (χ2v) is 8.13. The van der Waals surface area contributed by atoms with Crippen molar-refractivity contribution >= 4 is 5.91 Å². The van der Waals surface area contributed by atoms with Crippen LogP contribution in [0.3, 0.4) is 0 Å². The lowest BCUT2D eigenvalue weighted by Gasteiger charge is -2.36. The number of carbonyl (C=O) groups is 1. The molecule has 1 fully saturated rings. The Bertz CT molecular complexity index is 1090. The zero-order chi connectivity index (χ0) is 23.4. The van der Waals surface area contributed by atoms with E-state index < -0.39 is 0 Å². The third-order valence-electron chi connectivity index (χ3n) is 5.97. The van der Waals surface area contributed by atoms with E-state index in [0.29, 0.717) is 48.5 Å². The van der Waals surface area contributed by atoms with Crippen LogP contribution in [0.1, 0.15) is 41.7 Å². The number of piperazine rings is 1. The number of amides is 1. The van der Waals surface area contributed by atoms with Crippen LogP contribution in [0, 0.1) is 6.92 Å². The van der Waals surface area contributed by atoms with Crippen LogP contribution in [-0.4, -0.2) is 65.7 Å². The third kappa shape index (κ3) is 5.01. The molecule has 0 saturated carbocycles. The fourth-order valence-corrected chi connectivity index (χ4v) is 3.95. The summed E-state index contributed by atoms with van der Waals surface area (Å²) < 4.78 is 16.5. The number of nitrogens with zero attached hydrogens (tertiary/aromatic N) is 4. The van der Waals surface area contributed by atoms with Gasteiger partial charge in [-0.1, -0.05) is 35.0 Å². The Labute approximate surface area is 194 Å². The third-order valence-corrected chi connectivity index (χ3v) is 5.97. The molecule has 1 amide bonds. The lowest BCUT2D eigenvalue weighted by atomic mass is 10.1. The number of carbonyl (C=O) groups excluding carboxylic acids is 1. The Balaban J connectivity index is 1.37. The molecule has 1 unspecified atom stereocenters. The summed E-state index contributed by atoms with van der Waals surface area (Å²) in [4.78, 5) is 21.8. The average molecular weight is 451 g/mol. The molecule has 4 rings (SSSR count). The highest BCUT2D eigenvalue weighted by atomic mass is 16.5. The van der Waals surface area contributed by atoms with Gasteiger partial charge in [0, 0.05) is 37.3 Å². The lowest BCUT2D eigenvalue weighted by Crippen LogP contribution is -2.49. The van der Waals surface area contributed by atoms with Crippen molar-refractivity contribution < 1.29 is 18.8 Å². The van der Waals surface area contributed by atoms with Gasteiger partial charge in [-0.2, -0.15) is 4.98 Å². The first-order valence-electron chi connectivity index (χ1n) is 11.2. The molecule has 0 radical (unpaired) electrons. The summed E-state index contributed by atoms with van der Waals surface area (Å²) in [5, 5.41) is 4.15. The average Bonchev–Trinajstić information content (AvgIpc) is 3.34. The van der Waals surface area contributed by atoms with Crippen LogP contribution in [0.5, 0.6) is 11.5 Å². The quantitative estimate of drug-likeness (QED) is 0.539. The van der Waals surface area contributed by atoms with E-state index in [2.05, 4.69) is 22.0 Å². The van der Waals surface area contributed by atoms with Crippen LogP contribution in [0.2, 0.25) is 0 Å². The van der Waals surface area contributed by atoms with Crippen LogP contribution < -0.4 is 9.47 Å². The summed E-state index contributed by atoms with van der Waals surface area (Å²) in [6, 6.07) is 13.3. The molecule has 2 aromatic carbocycles. The van der Waals surface area contributed by atoms with E-state index in [4.69, 9.17) is 14.0 Å². The van der Waals surface area contributed by atoms with Crippen molar-refractivity contribution in [3.63, 3.8) is 0 Å². The minimum atomic E-state index is -0.0282. The summed E-state index contributed by atoms with van der Waals surface area (Å²) in [5.41, 5.74) is 2.72. The molecular formula is C25H30N4O4. The lowest BCUT2D eigenvalue weighted by molar-refractivity contribution is 0.0551. The van der Waals surface area contributed by atoms with E-state index in [-0.39, 0.29) is 11.9 Å². The SMILES string of the molecule is CCOc1ccc(C(=O)N2CCN(C(C)c3nc(-c4ccc(C)cc4)no3)CC2)cc1OC. The van der Waals surface area contributed by atoms with Crippen molar-refractivity contribution in [1.29, 1.82) is 0 Å². The first-order valence-corrected chi connectivity index (χ1v) is 11.2. The molecule has 0 N–H and O–H groups in total. The van der Waals surface area contributed by atoms with E-state index in [0.717, 1.165) is 18.7 Å². The number of aryl methyl sites for hydroxylation is 1. The van der Waals surface area contributed by atoms with Crippen molar-refractivity contribution in [3.05, 3.63) is 59.5 Å². The summed E-state index contributed by atoms with van der Waals surface area (Å²) in [6.45, 7) is 9.25. The molecule has 1 aliphatic heterocycles. The van der Waals surface area contributed by atoms with Gasteiger partial charge in [0.2, 0.25) is 11.7 Å². The van der Waals surface area contributed by atoms with Crippen LogP contribution in [0.25, 0.3) is 11.4 Å². The minimum Gasteiger partial charge on any atom is -0.493 e. The minimum absolute atomic E-state index is 0.0110. The molecule has 174 valence electrons. The maximum atomic E-state index is 13.0. The first-order chi connectivity index (χ1) is 16.0. The fraction of sp³-hybridized carbons (Fsp3) is 0.400. The molecule has 0 aliphatic carbocycles. The predicted octanol–water partition coefficient (Wildman–Crippen LogP) is 3.97. The number of hydrogen-bond donors (Lipinski definition) is 0. The topological polar surface area (TPSA) is 80.9 Å². The van der Waals surface area contributed by atoms with Crippen molar-refractivity contribution in [1.82, 2.24) is 19.9 Å². The number of hydrogen-bond acceptors (Lipinski definition) is 7. The van der Waals surface area contributed by atoms with E-state index in [9.17, 15) is 4.79 Å². The highest BCUT2D eigenvalue weighted by Gasteiger charge is 2.28. The highest BCUT2D eigenvalue weighted by molar-refractivity contribution is 5.95. The smallest absolute Gasteiger partial charge is 0.254 e. The number of methoxy groups -OCH3 is 1. The first kappa shape index (κ1) is 22.8. The summed E-state index contributed by atoms with van der Waals surface area (Å²) in [5.74, 6) is 2.37. The Hall–Kier alpha value is -3.39. The van der Waals surface area contributed by atoms with Gasteiger partial charge in [-0.05, 0) is 39.0 Å². The van der Waals surface area contributed by atoms with E-state index in [1.807, 2.05) is 43.0 Å². The van der Waals surface area contributed by atoms with Crippen LogP contribution in [-0.2, 0) is 0 Å². The van der Waals surface area contributed by atoms with Gasteiger partial charge in [-0.15, -0.1) is 0 Å². The second kappa shape index (κ2) is 10.0. The van der Waals surface area contributed by atoms with Crippen LogP contribution in [0.4, 0.5) is 0 Å². The molecule has 2 heterocycles. The number of rotatable bonds is 7. The molecule has 33 heavy (non-hydrogen) atoms. The Morgan fingerprint density at radius 2 is 1.82 bits per heavy atom. The van der Waals surface area contributed by atoms with Crippen LogP contribution in [0.15, 0.2) is 47.0 Å². The largest absolute Gasteiger partial charge is 0.493 e. The standard InChI is InChI=1S/C25H30N4O4/c1-5-32-21-11-10-20(16-22(21)31-4)25(30)29-14-12-28(13-15-29)18(3)24-26-23(27-33-24)19-8-6-17(2)7-9-19/h6-11,16,18H,5,12-15H2,1-4H3. The van der Waals surface area contributed by atoms with Gasteiger partial charge in [0.1, 0.15) is 0 Å². The molecule has 0 spiro atoms. The highest BCUT2D eigenvalue weighted by Crippen LogP contribution is 2.29. The normalized spacial score (nSPS) is 15.3. The molecule has 3 aromatic rings. The van der Waals surface area contributed by atoms with Gasteiger partial charge in [0.15, 0.2) is 11.5 Å². The van der Waals surface area contributed by atoms with Gasteiger partial charge < -0.3 is 18.9 Å². The summed E-state index contributed by atoms with van der Waals surface area (Å²) in [7, 11) is 1.58. The summed E-state index contributed by atoms with van der Waals surface area (Å²) in [6.07, 6.45) is 0. The van der Waals surface area contributed by atoms with E-state index in [1.165, 1.54) is 5.56 Å². The summed E-state index contributed by atoms with van der Waals surface area (Å²) >= 11 is 0. The van der Waals surface area contributed by atoms with Gasteiger partial charge in [-0.25, -0.2) is 0 Å². The molecule has 1 saturated heterocycles. The van der Waals surface area contributed by atoms with Crippen molar-refractivity contribution in [3.8, 4) is 22.9 Å². The molecular weight excluding hydrogens is 420 g/mol. The zero-order valence-corrected chi connectivity index (χ0v) is 19.6. The Kier molecular flexibility index (Phi) is 6.93. The van der Waals surface area contributed by atoms with Gasteiger partial charge >= 0.3 is 0 Å². The molecule has 0 bridgehead atoms. The monoisotopic (exact) mass is 450 g/mol. The Morgan fingerprint density at radius 3 is 2.48 bits per heavy atom. The molecule has 8 nitrogen and oxygen atoms in total. The Morgan fingerprint density at radius 1 is 1.09 bits per heavy atom. The molecule has 1 aromatic heterocycles. The van der Waals surface area contributed by atoms with Crippen LogP contribution >= 0.6 is 0 Å². The maximum Gasteiger partial charge on any atom is 0.254 e. The van der Waals surface area contributed by atoms with Gasteiger partial charge in [0.05, 0.1) is 19.8 Å². The van der Waals surface area contributed by atoms with Crippen molar-refractivity contribution in [2.75, 3.05) is 39.9 Å². The van der Waals surface area contributed by atoms with E-state index >= 15 is 0 Å². The maximum absolute atomic E-state index is 13.0. The van der Waals surface area contributed by atoms with Crippen molar-refractivity contribution in [2.45, 2.75) is 26.8 Å². The number of ether oxygens (including phenoxy) is 2. The molecule has 1 aliphatic rings. The van der Waals surface area contributed by atoms with E-state index in [1.54, 1.807) is 25.3 Å². The fourth-order valence-electron chi connectivity index (χ4n) is 3.95. The van der Waals surface area contributed by atoms with Gasteiger partial charge in [0.25, 0.3) is 5.91 Å².